The summed E-state index contributed by atoms with van der Waals surface area (Å²) < 4.78 is 29.9. The van der Waals surface area contributed by atoms with Gasteiger partial charge in [-0.25, -0.2) is 0 Å². The average molecular weight is 489 g/mol. The summed E-state index contributed by atoms with van der Waals surface area (Å²) in [7, 11) is -3.94. The number of halogens is 2. The minimum Gasteiger partial charge on any atom is -0.480 e. The molecule has 0 amide bonds. The highest BCUT2D eigenvalue weighted by Gasteiger charge is 2.70. The number of anilines is 1. The van der Waals surface area contributed by atoms with E-state index in [9.17, 15) is 18.3 Å². The molecule has 2 heterocycles. The lowest BCUT2D eigenvalue weighted by Gasteiger charge is -2.35. The van der Waals surface area contributed by atoms with Crippen LogP contribution in [0.4, 0.5) is 5.69 Å². The van der Waals surface area contributed by atoms with Crippen LogP contribution in [-0.2, 0) is 15.0 Å². The molecule has 1 aromatic heterocycles. The Morgan fingerprint density at radius 3 is 2.19 bits per heavy atom. The van der Waals surface area contributed by atoms with E-state index in [1.807, 2.05) is 42.5 Å². The lowest BCUT2D eigenvalue weighted by Crippen LogP contribution is -2.56. The van der Waals surface area contributed by atoms with Crippen molar-refractivity contribution < 1.29 is 18.3 Å². The Balaban J connectivity index is 0.00000171. The van der Waals surface area contributed by atoms with Crippen LogP contribution in [0, 0.1) is 5.92 Å². The van der Waals surface area contributed by atoms with Crippen molar-refractivity contribution >= 4 is 46.7 Å². The van der Waals surface area contributed by atoms with Crippen LogP contribution >= 0.6 is 24.8 Å². The number of piperazine rings is 1. The molecule has 1 saturated carbocycles. The van der Waals surface area contributed by atoms with Gasteiger partial charge in [0.2, 0.25) is 0 Å². The molecule has 2 aliphatic rings. The number of hydrogen-bond donors (Lipinski definition) is 2. The van der Waals surface area contributed by atoms with Crippen molar-refractivity contribution in [2.45, 2.75) is 18.4 Å². The minimum atomic E-state index is -3.94. The lowest BCUT2D eigenvalue weighted by atomic mass is 10.1. The first-order valence-electron chi connectivity index (χ1n) is 9.58. The molecule has 31 heavy (non-hydrogen) atoms. The number of aromatic nitrogens is 1. The summed E-state index contributed by atoms with van der Waals surface area (Å²) in [4.78, 5) is 18.2. The monoisotopic (exact) mass is 488 g/mol. The van der Waals surface area contributed by atoms with E-state index < -0.39 is 27.6 Å². The third kappa shape index (κ3) is 4.65. The van der Waals surface area contributed by atoms with Crippen molar-refractivity contribution in [2.24, 2.45) is 5.92 Å². The van der Waals surface area contributed by atoms with Crippen molar-refractivity contribution in [1.82, 2.24) is 14.0 Å². The fourth-order valence-corrected chi connectivity index (χ4v) is 5.92. The number of hydrogen-bond acceptors (Lipinski definition) is 5. The number of carboxylic acid groups (broad SMARTS) is 1. The van der Waals surface area contributed by atoms with Crippen LogP contribution < -0.4 is 9.62 Å². The molecule has 8 nitrogen and oxygen atoms in total. The third-order valence-corrected chi connectivity index (χ3v) is 7.66. The summed E-state index contributed by atoms with van der Waals surface area (Å²) in [5.41, 5.74) is 0.308. The van der Waals surface area contributed by atoms with Crippen LogP contribution in [0.5, 0.6) is 0 Å². The van der Waals surface area contributed by atoms with Gasteiger partial charge >= 0.3 is 5.97 Å². The van der Waals surface area contributed by atoms with Crippen LogP contribution in [0.25, 0.3) is 0 Å². The largest absolute Gasteiger partial charge is 0.480 e. The average Bonchev–Trinajstić information content (AvgIpc) is 3.33. The first kappa shape index (κ1) is 25.4. The number of pyridine rings is 1. The maximum atomic E-state index is 13.0. The zero-order valence-electron chi connectivity index (χ0n) is 16.9. The Hall–Kier alpha value is -1.91. The molecule has 4 rings (SSSR count). The van der Waals surface area contributed by atoms with E-state index in [1.54, 1.807) is 19.3 Å². The van der Waals surface area contributed by atoms with Crippen LogP contribution in [0.2, 0.25) is 0 Å². The number of benzene rings is 1. The van der Waals surface area contributed by atoms with Gasteiger partial charge in [-0.05, 0) is 23.6 Å². The topological polar surface area (TPSA) is 103 Å². The van der Waals surface area contributed by atoms with E-state index in [2.05, 4.69) is 14.6 Å². The Morgan fingerprint density at radius 2 is 1.65 bits per heavy atom. The highest BCUT2D eigenvalue weighted by atomic mass is 35.5. The second-order valence-corrected chi connectivity index (χ2v) is 9.22. The summed E-state index contributed by atoms with van der Waals surface area (Å²) in [5, 5.41) is 9.90. The van der Waals surface area contributed by atoms with Gasteiger partial charge < -0.3 is 10.0 Å². The highest BCUT2D eigenvalue weighted by Crippen LogP contribution is 2.57. The molecule has 0 radical (unpaired) electrons. The van der Waals surface area contributed by atoms with Gasteiger partial charge in [0.05, 0.1) is 0 Å². The minimum absolute atomic E-state index is 0. The van der Waals surface area contributed by atoms with E-state index in [1.165, 1.54) is 4.31 Å². The number of nitrogens with one attached hydrogen (secondary N) is 1. The molecule has 0 bridgehead atoms. The number of carboxylic acids is 1. The fourth-order valence-electron chi connectivity index (χ4n) is 4.32. The van der Waals surface area contributed by atoms with Crippen molar-refractivity contribution in [2.75, 3.05) is 31.1 Å². The van der Waals surface area contributed by atoms with E-state index in [0.717, 1.165) is 11.3 Å². The molecule has 1 unspecified atom stereocenters. The molecule has 2 aromatic rings. The van der Waals surface area contributed by atoms with Gasteiger partial charge in [-0.2, -0.15) is 17.4 Å². The van der Waals surface area contributed by atoms with Gasteiger partial charge in [-0.15, -0.1) is 24.8 Å². The Kier molecular flexibility index (Phi) is 7.94. The SMILES string of the molecule is CC1[C@H](c2ccccc2)[C@]1(NS(=O)(=O)N1CCN(c2ccncc2)CC1)C(=O)O.Cl.Cl. The third-order valence-electron chi connectivity index (χ3n) is 6.02. The van der Waals surface area contributed by atoms with Crippen LogP contribution in [0.15, 0.2) is 54.9 Å². The molecule has 1 aromatic carbocycles. The molecule has 3 atom stereocenters. The molecule has 2 N–H and O–H groups in total. The van der Waals surface area contributed by atoms with E-state index in [4.69, 9.17) is 0 Å². The number of aliphatic carboxylic acids is 1. The Labute approximate surface area is 194 Å². The lowest BCUT2D eigenvalue weighted by molar-refractivity contribution is -0.140. The maximum Gasteiger partial charge on any atom is 0.325 e. The van der Waals surface area contributed by atoms with Gasteiger partial charge in [-0.1, -0.05) is 37.3 Å². The highest BCUT2D eigenvalue weighted by molar-refractivity contribution is 7.87. The quantitative estimate of drug-likeness (QED) is 0.645. The number of carbonyl (C=O) groups is 1. The van der Waals surface area contributed by atoms with Crippen LogP contribution in [0.1, 0.15) is 18.4 Å². The van der Waals surface area contributed by atoms with E-state index in [-0.39, 0.29) is 43.8 Å². The molecule has 1 aliphatic heterocycles. The first-order valence-corrected chi connectivity index (χ1v) is 11.0. The predicted molar refractivity (Wildman–Crippen MR) is 123 cm³/mol. The Morgan fingerprint density at radius 1 is 1.06 bits per heavy atom. The number of nitrogens with zero attached hydrogens (tertiary/aromatic N) is 3. The number of rotatable bonds is 6. The normalized spacial score (nSPS) is 25.8. The molecule has 1 saturated heterocycles. The standard InChI is InChI=1S/C20H24N4O4S.2ClH/c1-15-18(16-5-3-2-4-6-16)20(15,19(25)26)22-29(27,28)24-13-11-23(12-14-24)17-7-9-21-10-8-17;;/h2-10,15,18,22H,11-14H2,1H3,(H,25,26);2*1H/t15?,18-,20+;;/m1../s1. The molecule has 2 fully saturated rings. The van der Waals surface area contributed by atoms with Crippen molar-refractivity contribution in [1.29, 1.82) is 0 Å². The summed E-state index contributed by atoms with van der Waals surface area (Å²) >= 11 is 0. The summed E-state index contributed by atoms with van der Waals surface area (Å²) in [5.74, 6) is -1.87. The van der Waals surface area contributed by atoms with Gasteiger partial charge in [0.1, 0.15) is 5.54 Å². The molecule has 170 valence electrons. The Bertz CT molecular complexity index is 989. The summed E-state index contributed by atoms with van der Waals surface area (Å²) in [6.07, 6.45) is 3.41. The zero-order chi connectivity index (χ0) is 20.6. The van der Waals surface area contributed by atoms with E-state index >= 15 is 0 Å². The summed E-state index contributed by atoms with van der Waals surface area (Å²) in [6, 6.07) is 13.0. The predicted octanol–water partition coefficient (Wildman–Crippen LogP) is 2.14. The van der Waals surface area contributed by atoms with Gasteiger partial charge in [0, 0.05) is 50.2 Å². The second kappa shape index (κ2) is 9.70. The van der Waals surface area contributed by atoms with Gasteiger partial charge in [0.25, 0.3) is 10.2 Å². The van der Waals surface area contributed by atoms with Crippen LogP contribution in [-0.4, -0.2) is 60.5 Å². The van der Waals surface area contributed by atoms with Crippen molar-refractivity contribution in [3.05, 3.63) is 60.4 Å². The molecule has 0 spiro atoms. The molecular formula is C20H26Cl2N4O4S. The molecular weight excluding hydrogens is 463 g/mol. The second-order valence-electron chi connectivity index (χ2n) is 7.55. The van der Waals surface area contributed by atoms with E-state index in [0.29, 0.717) is 13.1 Å². The van der Waals surface area contributed by atoms with Gasteiger partial charge in [-0.3, -0.25) is 9.78 Å². The molecule has 1 aliphatic carbocycles. The maximum absolute atomic E-state index is 13.0. The first-order chi connectivity index (χ1) is 13.9. The van der Waals surface area contributed by atoms with Gasteiger partial charge in [0.15, 0.2) is 0 Å². The summed E-state index contributed by atoms with van der Waals surface area (Å²) in [6.45, 7) is 3.41. The zero-order valence-corrected chi connectivity index (χ0v) is 19.4. The van der Waals surface area contributed by atoms with Crippen LogP contribution in [0.3, 0.4) is 0 Å². The van der Waals surface area contributed by atoms with Crippen molar-refractivity contribution in [3.8, 4) is 0 Å². The fraction of sp³-hybridized carbons (Fsp3) is 0.400. The molecule has 11 heteroatoms. The van der Waals surface area contributed by atoms with Crippen molar-refractivity contribution in [3.63, 3.8) is 0 Å². The smallest absolute Gasteiger partial charge is 0.325 e.